The number of fused-ring (bicyclic) bond motifs is 1. The molecule has 0 atom stereocenters. The van der Waals surface area contributed by atoms with E-state index in [4.69, 9.17) is 0 Å². The summed E-state index contributed by atoms with van der Waals surface area (Å²) >= 11 is 0. The molecule has 3 aromatic heterocycles. The van der Waals surface area contributed by atoms with Crippen LogP contribution in [-0.4, -0.2) is 57.3 Å². The topological polar surface area (TPSA) is 41.6 Å². The van der Waals surface area contributed by atoms with Gasteiger partial charge in [-0.3, -0.25) is 9.08 Å². The highest BCUT2D eigenvalue weighted by atomic mass is 15.3. The Hall–Kier alpha value is -3.12. The van der Waals surface area contributed by atoms with Crippen molar-refractivity contribution in [3.05, 3.63) is 61.1 Å². The van der Waals surface area contributed by atoms with E-state index in [1.165, 1.54) is 16.9 Å². The molecule has 5 rings (SSSR count). The number of hydrogen-bond donors (Lipinski definition) is 0. The number of aryl methyl sites for hydroxylation is 1. The molecule has 0 amide bonds. The van der Waals surface area contributed by atoms with Gasteiger partial charge < -0.3 is 9.80 Å². The van der Waals surface area contributed by atoms with Crippen molar-refractivity contribution >= 4 is 11.5 Å². The summed E-state index contributed by atoms with van der Waals surface area (Å²) in [6, 6.07) is 15.0. The summed E-state index contributed by atoms with van der Waals surface area (Å²) in [5, 5.41) is 4.27. The molecule has 0 spiro atoms. The van der Waals surface area contributed by atoms with Gasteiger partial charge in [0, 0.05) is 50.6 Å². The number of benzene rings is 1. The maximum atomic E-state index is 4.66. The van der Waals surface area contributed by atoms with Crippen LogP contribution in [0.3, 0.4) is 0 Å². The fourth-order valence-electron chi connectivity index (χ4n) is 3.91. The van der Waals surface area contributed by atoms with Gasteiger partial charge in [0.2, 0.25) is 0 Å². The van der Waals surface area contributed by atoms with Crippen molar-refractivity contribution in [1.29, 1.82) is 0 Å². The number of aromatic nitrogens is 4. The molecule has 0 saturated carbocycles. The lowest BCUT2D eigenvalue weighted by molar-refractivity contribution is 0.312. The van der Waals surface area contributed by atoms with E-state index in [2.05, 4.69) is 73.8 Å². The van der Waals surface area contributed by atoms with Gasteiger partial charge in [0.25, 0.3) is 0 Å². The lowest BCUT2D eigenvalue weighted by atomic mass is 10.1. The lowest BCUT2D eigenvalue weighted by Gasteiger charge is -2.34. The zero-order chi connectivity index (χ0) is 19.1. The van der Waals surface area contributed by atoms with E-state index < -0.39 is 0 Å². The Morgan fingerprint density at radius 3 is 2.25 bits per heavy atom. The summed E-state index contributed by atoms with van der Waals surface area (Å²) < 4.78 is 4.11. The third-order valence-electron chi connectivity index (χ3n) is 5.55. The Kier molecular flexibility index (Phi) is 4.13. The Labute approximate surface area is 164 Å². The average molecular weight is 372 g/mol. The van der Waals surface area contributed by atoms with Crippen molar-refractivity contribution < 1.29 is 0 Å². The Morgan fingerprint density at radius 2 is 1.54 bits per heavy atom. The summed E-state index contributed by atoms with van der Waals surface area (Å²) in [5.41, 5.74) is 5.59. The first-order valence-electron chi connectivity index (χ1n) is 9.68. The molecule has 4 heterocycles. The van der Waals surface area contributed by atoms with Gasteiger partial charge in [-0.25, -0.2) is 4.98 Å². The highest BCUT2D eigenvalue weighted by Crippen LogP contribution is 2.29. The molecule has 4 aromatic rings. The second kappa shape index (κ2) is 6.80. The Balaban J connectivity index is 1.54. The van der Waals surface area contributed by atoms with Crippen molar-refractivity contribution in [2.24, 2.45) is 7.05 Å². The van der Waals surface area contributed by atoms with Crippen LogP contribution in [0.25, 0.3) is 28.0 Å². The molecule has 1 aliphatic rings. The van der Waals surface area contributed by atoms with Crippen molar-refractivity contribution in [3.8, 4) is 22.4 Å². The molecule has 142 valence electrons. The predicted octanol–water partition coefficient (Wildman–Crippen LogP) is 3.15. The van der Waals surface area contributed by atoms with Crippen molar-refractivity contribution in [3.63, 3.8) is 0 Å². The Morgan fingerprint density at radius 1 is 0.786 bits per heavy atom. The van der Waals surface area contributed by atoms with Crippen LogP contribution in [-0.2, 0) is 7.05 Å². The van der Waals surface area contributed by atoms with E-state index in [0.29, 0.717) is 0 Å². The monoisotopic (exact) mass is 372 g/mol. The molecule has 1 aliphatic heterocycles. The number of nitrogens with zero attached hydrogens (tertiary/aromatic N) is 6. The molecule has 28 heavy (non-hydrogen) atoms. The van der Waals surface area contributed by atoms with E-state index in [1.54, 1.807) is 0 Å². The largest absolute Gasteiger partial charge is 0.355 e. The molecular weight excluding hydrogens is 348 g/mol. The van der Waals surface area contributed by atoms with E-state index >= 15 is 0 Å². The first kappa shape index (κ1) is 17.0. The number of piperazine rings is 1. The van der Waals surface area contributed by atoms with Gasteiger partial charge in [0.1, 0.15) is 11.5 Å². The summed E-state index contributed by atoms with van der Waals surface area (Å²) in [4.78, 5) is 9.50. The molecule has 6 heteroatoms. The molecule has 0 unspecified atom stereocenters. The van der Waals surface area contributed by atoms with Gasteiger partial charge in [-0.05, 0) is 24.7 Å². The number of hydrogen-bond acceptors (Lipinski definition) is 4. The first-order chi connectivity index (χ1) is 13.7. The minimum Gasteiger partial charge on any atom is -0.355 e. The quantitative estimate of drug-likeness (QED) is 0.554. The molecule has 0 N–H and O–H groups in total. The maximum absolute atomic E-state index is 4.66. The third kappa shape index (κ3) is 2.96. The standard InChI is InChI=1S/C22H24N6/c1-25-10-12-27(13-11-25)22-5-3-4-21-23-15-20(28(21)22)18-8-6-17(7-9-18)19-14-24-26(2)16-19/h3-9,14-16H,10-13H2,1-2H3. The van der Waals surface area contributed by atoms with Crippen LogP contribution < -0.4 is 4.90 Å². The van der Waals surface area contributed by atoms with Crippen molar-refractivity contribution in [2.45, 2.75) is 0 Å². The molecule has 1 aromatic carbocycles. The van der Waals surface area contributed by atoms with Crippen molar-refractivity contribution in [2.75, 3.05) is 38.1 Å². The highest BCUT2D eigenvalue weighted by Gasteiger charge is 2.18. The normalized spacial score (nSPS) is 15.4. The molecule has 0 radical (unpaired) electrons. The highest BCUT2D eigenvalue weighted by molar-refractivity contribution is 5.71. The van der Waals surface area contributed by atoms with Gasteiger partial charge in [0.15, 0.2) is 0 Å². The zero-order valence-electron chi connectivity index (χ0n) is 16.3. The van der Waals surface area contributed by atoms with Crippen LogP contribution in [0.4, 0.5) is 5.82 Å². The number of imidazole rings is 1. The van der Waals surface area contributed by atoms with E-state index in [1.807, 2.05) is 30.3 Å². The van der Waals surface area contributed by atoms with Gasteiger partial charge in [-0.2, -0.15) is 5.10 Å². The van der Waals surface area contributed by atoms with Crippen LogP contribution in [0, 0.1) is 0 Å². The predicted molar refractivity (Wildman–Crippen MR) is 113 cm³/mol. The zero-order valence-corrected chi connectivity index (χ0v) is 16.3. The van der Waals surface area contributed by atoms with Gasteiger partial charge in [0.05, 0.1) is 18.1 Å². The number of anilines is 1. The van der Waals surface area contributed by atoms with E-state index in [0.717, 1.165) is 43.1 Å². The second-order valence-electron chi connectivity index (χ2n) is 7.49. The van der Waals surface area contributed by atoms with Gasteiger partial charge in [-0.1, -0.05) is 30.3 Å². The maximum Gasteiger partial charge on any atom is 0.138 e. The lowest BCUT2D eigenvalue weighted by Crippen LogP contribution is -2.45. The Bertz CT molecular complexity index is 1100. The molecule has 1 fully saturated rings. The first-order valence-corrected chi connectivity index (χ1v) is 9.68. The second-order valence-corrected chi connectivity index (χ2v) is 7.49. The molecule has 6 nitrogen and oxygen atoms in total. The van der Waals surface area contributed by atoms with Crippen LogP contribution in [0.5, 0.6) is 0 Å². The van der Waals surface area contributed by atoms with Crippen molar-refractivity contribution in [1.82, 2.24) is 24.1 Å². The summed E-state index contributed by atoms with van der Waals surface area (Å²) in [5.74, 6) is 1.22. The smallest absolute Gasteiger partial charge is 0.138 e. The summed E-state index contributed by atoms with van der Waals surface area (Å²) in [7, 11) is 4.13. The van der Waals surface area contributed by atoms with Crippen LogP contribution >= 0.6 is 0 Å². The summed E-state index contributed by atoms with van der Waals surface area (Å²) in [6.45, 7) is 4.24. The van der Waals surface area contributed by atoms with Crippen LogP contribution in [0.1, 0.15) is 0 Å². The molecule has 0 bridgehead atoms. The minimum absolute atomic E-state index is 0.989. The number of likely N-dealkylation sites (N-methyl/N-ethyl adjacent to an activating group) is 1. The number of rotatable bonds is 3. The average Bonchev–Trinajstić information content (AvgIpc) is 3.35. The van der Waals surface area contributed by atoms with Crippen LogP contribution in [0.2, 0.25) is 0 Å². The third-order valence-corrected chi connectivity index (χ3v) is 5.55. The molecular formula is C22H24N6. The van der Waals surface area contributed by atoms with Gasteiger partial charge >= 0.3 is 0 Å². The molecule has 0 aliphatic carbocycles. The molecule has 1 saturated heterocycles. The van der Waals surface area contributed by atoms with E-state index in [9.17, 15) is 0 Å². The van der Waals surface area contributed by atoms with Crippen LogP contribution in [0.15, 0.2) is 61.1 Å². The van der Waals surface area contributed by atoms with Gasteiger partial charge in [-0.15, -0.1) is 0 Å². The fraction of sp³-hybridized carbons (Fsp3) is 0.273. The number of pyridine rings is 1. The van der Waals surface area contributed by atoms with E-state index in [-0.39, 0.29) is 0 Å². The SMILES string of the molecule is CN1CCN(c2cccc3ncc(-c4ccc(-c5cnn(C)c5)cc4)n23)CC1. The minimum atomic E-state index is 0.989. The summed E-state index contributed by atoms with van der Waals surface area (Å²) in [6.07, 6.45) is 5.91. The fourth-order valence-corrected chi connectivity index (χ4v) is 3.91.